The van der Waals surface area contributed by atoms with Gasteiger partial charge in [0.05, 0.1) is 0 Å². The summed E-state index contributed by atoms with van der Waals surface area (Å²) in [7, 11) is 0. The van der Waals surface area contributed by atoms with Crippen molar-refractivity contribution in [2.45, 2.75) is 343 Å². The number of carbonyl (C=O) groups excluding carboxylic acids is 3. The van der Waals surface area contributed by atoms with Crippen LogP contribution >= 0.6 is 0 Å². The molecular weight excluding hydrogens is 817 g/mol. The zero-order valence-electron chi connectivity index (χ0n) is 45.3. The van der Waals surface area contributed by atoms with E-state index in [4.69, 9.17) is 14.2 Å². The molecular formula is C60H116O6. The van der Waals surface area contributed by atoms with Crippen molar-refractivity contribution in [2.75, 3.05) is 13.2 Å². The predicted octanol–water partition coefficient (Wildman–Crippen LogP) is 19.7. The highest BCUT2D eigenvalue weighted by molar-refractivity contribution is 5.71. The van der Waals surface area contributed by atoms with Gasteiger partial charge < -0.3 is 14.2 Å². The summed E-state index contributed by atoms with van der Waals surface area (Å²) in [6, 6.07) is 0. The van der Waals surface area contributed by atoms with Crippen molar-refractivity contribution in [2.24, 2.45) is 11.8 Å². The Labute approximate surface area is 412 Å². The highest BCUT2D eigenvalue weighted by Gasteiger charge is 2.19. The molecule has 6 nitrogen and oxygen atoms in total. The van der Waals surface area contributed by atoms with Crippen LogP contribution in [0.4, 0.5) is 0 Å². The number of unbranched alkanes of at least 4 members (excludes halogenated alkanes) is 39. The van der Waals surface area contributed by atoms with Crippen molar-refractivity contribution in [3.63, 3.8) is 0 Å². The average molecular weight is 934 g/mol. The van der Waals surface area contributed by atoms with Crippen molar-refractivity contribution in [3.05, 3.63) is 0 Å². The van der Waals surface area contributed by atoms with E-state index in [1.54, 1.807) is 0 Å². The lowest BCUT2D eigenvalue weighted by atomic mass is 10.0. The monoisotopic (exact) mass is 933 g/mol. The van der Waals surface area contributed by atoms with Gasteiger partial charge in [0.2, 0.25) is 0 Å². The Morgan fingerprint density at radius 3 is 0.742 bits per heavy atom. The SMILES string of the molecule is CCCCCCCCCCCCCCCCCCC(=O)OC[C@H](COC(=O)CCCCCCCCCCCCCC(C)C)OC(=O)CCCCCCCCCCCCCCCCCC(C)C. The van der Waals surface area contributed by atoms with Crippen LogP contribution in [0.2, 0.25) is 0 Å². The van der Waals surface area contributed by atoms with E-state index in [9.17, 15) is 14.4 Å². The third kappa shape index (κ3) is 53.4. The van der Waals surface area contributed by atoms with Crippen molar-refractivity contribution in [1.82, 2.24) is 0 Å². The van der Waals surface area contributed by atoms with E-state index >= 15 is 0 Å². The molecule has 0 aliphatic carbocycles. The molecule has 0 spiro atoms. The number of hydrogen-bond donors (Lipinski definition) is 0. The van der Waals surface area contributed by atoms with E-state index in [1.807, 2.05) is 0 Å². The maximum atomic E-state index is 12.9. The van der Waals surface area contributed by atoms with Crippen LogP contribution in [0.3, 0.4) is 0 Å². The molecule has 1 atom stereocenters. The Hall–Kier alpha value is -1.59. The van der Waals surface area contributed by atoms with E-state index in [2.05, 4.69) is 34.6 Å². The zero-order valence-corrected chi connectivity index (χ0v) is 45.3. The molecule has 0 radical (unpaired) electrons. The minimum Gasteiger partial charge on any atom is -0.462 e. The highest BCUT2D eigenvalue weighted by atomic mass is 16.6. The molecule has 0 rings (SSSR count). The second-order valence-electron chi connectivity index (χ2n) is 21.6. The highest BCUT2D eigenvalue weighted by Crippen LogP contribution is 2.18. The molecule has 0 saturated heterocycles. The molecule has 0 heterocycles. The summed E-state index contributed by atoms with van der Waals surface area (Å²) in [5.41, 5.74) is 0. The number of ether oxygens (including phenoxy) is 3. The van der Waals surface area contributed by atoms with Crippen LogP contribution < -0.4 is 0 Å². The zero-order chi connectivity index (χ0) is 48.2. The predicted molar refractivity (Wildman–Crippen MR) is 284 cm³/mol. The maximum absolute atomic E-state index is 12.9. The van der Waals surface area contributed by atoms with E-state index in [0.717, 1.165) is 69.6 Å². The second kappa shape index (κ2) is 52.8. The summed E-state index contributed by atoms with van der Waals surface area (Å²) in [4.78, 5) is 38.2. The molecule has 0 bridgehead atoms. The summed E-state index contributed by atoms with van der Waals surface area (Å²) < 4.78 is 16.9. The summed E-state index contributed by atoms with van der Waals surface area (Å²) >= 11 is 0. The standard InChI is InChI=1S/C60H116O6/c1-6-7-8-9-10-11-12-13-14-17-20-25-30-35-40-45-50-58(61)64-53-57(54-65-59(62)51-46-41-36-31-27-22-24-29-34-39-44-49-56(4)5)66-60(63)52-47-42-37-32-26-21-18-15-16-19-23-28-33-38-43-48-55(2)3/h55-57H,6-54H2,1-5H3/t57-/m1/s1. The minimum absolute atomic E-state index is 0.0624. The van der Waals surface area contributed by atoms with Gasteiger partial charge in [-0.3, -0.25) is 14.4 Å². The second-order valence-corrected chi connectivity index (χ2v) is 21.6. The molecule has 392 valence electrons. The fourth-order valence-corrected chi connectivity index (χ4v) is 9.23. The fourth-order valence-electron chi connectivity index (χ4n) is 9.23. The van der Waals surface area contributed by atoms with Gasteiger partial charge in [0, 0.05) is 19.3 Å². The largest absolute Gasteiger partial charge is 0.462 e. The van der Waals surface area contributed by atoms with Crippen LogP contribution in [0, 0.1) is 11.8 Å². The summed E-state index contributed by atoms with van der Waals surface area (Å²) in [5, 5.41) is 0. The van der Waals surface area contributed by atoms with Crippen LogP contribution in [0.15, 0.2) is 0 Å². The Bertz CT molecular complexity index is 1010. The van der Waals surface area contributed by atoms with Crippen molar-refractivity contribution in [1.29, 1.82) is 0 Å². The van der Waals surface area contributed by atoms with Gasteiger partial charge in [-0.25, -0.2) is 0 Å². The van der Waals surface area contributed by atoms with Gasteiger partial charge in [0.15, 0.2) is 6.10 Å². The molecule has 0 aliphatic heterocycles. The normalized spacial score (nSPS) is 12.0. The summed E-state index contributed by atoms with van der Waals surface area (Å²) in [6.45, 7) is 11.4. The first kappa shape index (κ1) is 64.4. The molecule has 0 aromatic rings. The third-order valence-electron chi connectivity index (χ3n) is 13.7. The minimum atomic E-state index is -0.763. The van der Waals surface area contributed by atoms with Gasteiger partial charge in [0.25, 0.3) is 0 Å². The van der Waals surface area contributed by atoms with Gasteiger partial charge in [0.1, 0.15) is 13.2 Å². The summed E-state index contributed by atoms with van der Waals surface area (Å²) in [6.07, 6.45) is 56.6. The Kier molecular flexibility index (Phi) is 51.5. The van der Waals surface area contributed by atoms with E-state index in [-0.39, 0.29) is 31.1 Å². The Morgan fingerprint density at radius 1 is 0.288 bits per heavy atom. The van der Waals surface area contributed by atoms with Crippen LogP contribution in [0.5, 0.6) is 0 Å². The Morgan fingerprint density at radius 2 is 0.500 bits per heavy atom. The van der Waals surface area contributed by atoms with Gasteiger partial charge in [-0.1, -0.05) is 298 Å². The quantitative estimate of drug-likeness (QED) is 0.0343. The molecule has 6 heteroatoms. The lowest BCUT2D eigenvalue weighted by Gasteiger charge is -2.18. The van der Waals surface area contributed by atoms with Crippen LogP contribution in [0.25, 0.3) is 0 Å². The van der Waals surface area contributed by atoms with E-state index in [1.165, 1.54) is 225 Å². The average Bonchev–Trinajstić information content (AvgIpc) is 3.29. The molecule has 0 unspecified atom stereocenters. The smallest absolute Gasteiger partial charge is 0.306 e. The fraction of sp³-hybridized carbons (Fsp3) is 0.950. The number of hydrogen-bond acceptors (Lipinski definition) is 6. The van der Waals surface area contributed by atoms with Crippen LogP contribution in [-0.2, 0) is 28.6 Å². The molecule has 0 amide bonds. The van der Waals surface area contributed by atoms with Gasteiger partial charge in [-0.2, -0.15) is 0 Å². The molecule has 0 fully saturated rings. The number of rotatable bonds is 54. The van der Waals surface area contributed by atoms with Crippen molar-refractivity contribution in [3.8, 4) is 0 Å². The first-order valence-corrected chi connectivity index (χ1v) is 29.7. The molecule has 66 heavy (non-hydrogen) atoms. The van der Waals surface area contributed by atoms with Crippen molar-refractivity contribution >= 4 is 17.9 Å². The molecule has 0 aromatic carbocycles. The topological polar surface area (TPSA) is 78.9 Å². The number of carbonyl (C=O) groups is 3. The lowest BCUT2D eigenvalue weighted by Crippen LogP contribution is -2.30. The lowest BCUT2D eigenvalue weighted by molar-refractivity contribution is -0.167. The van der Waals surface area contributed by atoms with Crippen molar-refractivity contribution < 1.29 is 28.6 Å². The van der Waals surface area contributed by atoms with Crippen LogP contribution in [-0.4, -0.2) is 37.2 Å². The van der Waals surface area contributed by atoms with Gasteiger partial charge in [-0.15, -0.1) is 0 Å². The maximum Gasteiger partial charge on any atom is 0.306 e. The first-order chi connectivity index (χ1) is 32.2. The van der Waals surface area contributed by atoms with E-state index < -0.39 is 6.10 Å². The first-order valence-electron chi connectivity index (χ1n) is 29.7. The van der Waals surface area contributed by atoms with Crippen LogP contribution in [0.1, 0.15) is 336 Å². The molecule has 0 saturated carbocycles. The Balaban J connectivity index is 4.30. The summed E-state index contributed by atoms with van der Waals surface area (Å²) in [5.74, 6) is 0.838. The van der Waals surface area contributed by atoms with Gasteiger partial charge >= 0.3 is 17.9 Å². The molecule has 0 N–H and O–H groups in total. The molecule has 0 aromatic heterocycles. The number of esters is 3. The van der Waals surface area contributed by atoms with Gasteiger partial charge in [-0.05, 0) is 31.1 Å². The molecule has 0 aliphatic rings. The van der Waals surface area contributed by atoms with E-state index in [0.29, 0.717) is 19.3 Å². The third-order valence-corrected chi connectivity index (χ3v) is 13.7.